The number of hydrogen-bond donors (Lipinski definition) is 1. The zero-order valence-corrected chi connectivity index (χ0v) is 8.19. The van der Waals surface area contributed by atoms with Crippen molar-refractivity contribution in [1.29, 1.82) is 0 Å². The molecule has 1 saturated heterocycles. The Morgan fingerprint density at radius 2 is 2.31 bits per heavy atom. The molecule has 0 amide bonds. The number of rotatable bonds is 2. The molecule has 1 N–H and O–H groups in total. The lowest BCUT2D eigenvalue weighted by atomic mass is 10.0. The van der Waals surface area contributed by atoms with Crippen LogP contribution >= 0.6 is 0 Å². The summed E-state index contributed by atoms with van der Waals surface area (Å²) in [5.41, 5.74) is 0. The molecule has 0 saturated carbocycles. The molecule has 1 fully saturated rings. The van der Waals surface area contributed by atoms with Crippen molar-refractivity contribution in [3.8, 4) is 0 Å². The van der Waals surface area contributed by atoms with Gasteiger partial charge in [-0.2, -0.15) is 0 Å². The second kappa shape index (κ2) is 4.07. The second-order valence-electron chi connectivity index (χ2n) is 3.61. The summed E-state index contributed by atoms with van der Waals surface area (Å²) >= 11 is 0. The third kappa shape index (κ3) is 2.67. The highest BCUT2D eigenvalue weighted by molar-refractivity contribution is 5.66. The van der Waals surface area contributed by atoms with Crippen LogP contribution in [0.1, 0.15) is 27.2 Å². The normalized spacial score (nSPS) is 35.8. The van der Waals surface area contributed by atoms with Crippen molar-refractivity contribution in [2.45, 2.75) is 45.7 Å². The summed E-state index contributed by atoms with van der Waals surface area (Å²) in [5, 5.41) is 9.26. The van der Waals surface area contributed by atoms with Crippen molar-refractivity contribution >= 4 is 5.97 Å². The minimum Gasteiger partial charge on any atom is -0.436 e. The van der Waals surface area contributed by atoms with Crippen LogP contribution in [0.4, 0.5) is 0 Å². The fraction of sp³-hybridized carbons (Fsp3) is 0.889. The van der Waals surface area contributed by atoms with E-state index in [1.54, 1.807) is 6.92 Å². The Hall–Kier alpha value is -0.610. The van der Waals surface area contributed by atoms with E-state index in [1.165, 1.54) is 6.92 Å². The van der Waals surface area contributed by atoms with Gasteiger partial charge < -0.3 is 14.6 Å². The van der Waals surface area contributed by atoms with E-state index in [2.05, 4.69) is 0 Å². The van der Waals surface area contributed by atoms with Gasteiger partial charge in [0, 0.05) is 12.8 Å². The van der Waals surface area contributed by atoms with Crippen LogP contribution < -0.4 is 0 Å². The van der Waals surface area contributed by atoms with Crippen molar-refractivity contribution in [2.75, 3.05) is 0 Å². The Morgan fingerprint density at radius 1 is 1.69 bits per heavy atom. The first-order valence-electron chi connectivity index (χ1n) is 4.51. The molecule has 76 valence electrons. The topological polar surface area (TPSA) is 55.8 Å². The molecule has 0 bridgehead atoms. The van der Waals surface area contributed by atoms with Crippen LogP contribution in [-0.4, -0.2) is 29.6 Å². The SMILES string of the molecule is CC(=O)OC1OC(C(C)O)CC1C. The predicted molar refractivity (Wildman–Crippen MR) is 45.9 cm³/mol. The third-order valence-electron chi connectivity index (χ3n) is 2.20. The standard InChI is InChI=1S/C9H16O4/c1-5-4-8(6(2)10)13-9(5)12-7(3)11/h5-6,8-10H,4H2,1-3H3. The molecular formula is C9H16O4. The Bertz CT molecular complexity index is 190. The molecule has 1 heterocycles. The molecule has 1 aliphatic rings. The first-order valence-corrected chi connectivity index (χ1v) is 4.51. The molecule has 4 nitrogen and oxygen atoms in total. The van der Waals surface area contributed by atoms with E-state index in [9.17, 15) is 9.90 Å². The maximum absolute atomic E-state index is 10.7. The van der Waals surface area contributed by atoms with Crippen LogP contribution in [0, 0.1) is 5.92 Å². The molecule has 0 aromatic heterocycles. The lowest BCUT2D eigenvalue weighted by Crippen LogP contribution is -2.25. The van der Waals surface area contributed by atoms with Crippen LogP contribution in [0.15, 0.2) is 0 Å². The number of carbonyl (C=O) groups excluding carboxylic acids is 1. The van der Waals surface area contributed by atoms with Gasteiger partial charge in [0.05, 0.1) is 12.2 Å². The summed E-state index contributed by atoms with van der Waals surface area (Å²) < 4.78 is 10.3. The molecule has 4 atom stereocenters. The summed E-state index contributed by atoms with van der Waals surface area (Å²) in [6.45, 7) is 4.97. The predicted octanol–water partition coefficient (Wildman–Crippen LogP) is 0.681. The van der Waals surface area contributed by atoms with E-state index in [1.807, 2.05) is 6.92 Å². The van der Waals surface area contributed by atoms with E-state index in [0.29, 0.717) is 0 Å². The van der Waals surface area contributed by atoms with Crippen molar-refractivity contribution in [3.05, 3.63) is 0 Å². The lowest BCUT2D eigenvalue weighted by Gasteiger charge is -2.16. The zero-order chi connectivity index (χ0) is 10.0. The van der Waals surface area contributed by atoms with Crippen LogP contribution in [0.2, 0.25) is 0 Å². The second-order valence-corrected chi connectivity index (χ2v) is 3.61. The highest BCUT2D eigenvalue weighted by atomic mass is 16.7. The Labute approximate surface area is 77.8 Å². The van der Waals surface area contributed by atoms with E-state index < -0.39 is 12.4 Å². The van der Waals surface area contributed by atoms with Crippen LogP contribution in [0.5, 0.6) is 0 Å². The van der Waals surface area contributed by atoms with E-state index in [-0.39, 0.29) is 18.0 Å². The quantitative estimate of drug-likeness (QED) is 0.647. The lowest BCUT2D eigenvalue weighted by molar-refractivity contribution is -0.183. The van der Waals surface area contributed by atoms with Crippen molar-refractivity contribution < 1.29 is 19.4 Å². The van der Waals surface area contributed by atoms with E-state index in [4.69, 9.17) is 9.47 Å². The minimum atomic E-state index is -0.511. The molecule has 0 aromatic rings. The first-order chi connectivity index (χ1) is 6.00. The molecular weight excluding hydrogens is 172 g/mol. The first kappa shape index (κ1) is 10.5. The van der Waals surface area contributed by atoms with Crippen molar-refractivity contribution in [3.63, 3.8) is 0 Å². The smallest absolute Gasteiger partial charge is 0.304 e. The zero-order valence-electron chi connectivity index (χ0n) is 8.19. The van der Waals surface area contributed by atoms with Gasteiger partial charge in [-0.25, -0.2) is 0 Å². The maximum atomic E-state index is 10.7. The molecule has 0 aliphatic carbocycles. The van der Waals surface area contributed by atoms with E-state index in [0.717, 1.165) is 6.42 Å². The van der Waals surface area contributed by atoms with Gasteiger partial charge in [-0.15, -0.1) is 0 Å². The van der Waals surface area contributed by atoms with Crippen molar-refractivity contribution in [2.24, 2.45) is 5.92 Å². The van der Waals surface area contributed by atoms with Gasteiger partial charge in [0.2, 0.25) is 6.29 Å². The van der Waals surface area contributed by atoms with Crippen molar-refractivity contribution in [1.82, 2.24) is 0 Å². The maximum Gasteiger partial charge on any atom is 0.304 e. The van der Waals surface area contributed by atoms with Gasteiger partial charge in [0.25, 0.3) is 0 Å². The monoisotopic (exact) mass is 188 g/mol. The van der Waals surface area contributed by atoms with Gasteiger partial charge in [-0.05, 0) is 13.3 Å². The van der Waals surface area contributed by atoms with E-state index >= 15 is 0 Å². The largest absolute Gasteiger partial charge is 0.436 e. The number of ether oxygens (including phenoxy) is 2. The molecule has 1 aliphatic heterocycles. The average Bonchev–Trinajstić information content (AvgIpc) is 2.31. The summed E-state index contributed by atoms with van der Waals surface area (Å²) in [7, 11) is 0. The minimum absolute atomic E-state index is 0.156. The Morgan fingerprint density at radius 3 is 2.69 bits per heavy atom. The number of esters is 1. The number of carbonyl (C=O) groups is 1. The average molecular weight is 188 g/mol. The fourth-order valence-corrected chi connectivity index (χ4v) is 1.46. The summed E-state index contributed by atoms with van der Waals surface area (Å²) in [4.78, 5) is 10.7. The number of hydrogen-bond acceptors (Lipinski definition) is 4. The molecule has 0 spiro atoms. The Balaban J connectivity index is 2.46. The fourth-order valence-electron chi connectivity index (χ4n) is 1.46. The molecule has 4 heteroatoms. The van der Waals surface area contributed by atoms with Gasteiger partial charge in [0.1, 0.15) is 0 Å². The molecule has 0 aromatic carbocycles. The third-order valence-corrected chi connectivity index (χ3v) is 2.20. The summed E-state index contributed by atoms with van der Waals surface area (Å²) in [6, 6.07) is 0. The van der Waals surface area contributed by atoms with Crippen LogP contribution in [-0.2, 0) is 14.3 Å². The van der Waals surface area contributed by atoms with Crippen LogP contribution in [0.25, 0.3) is 0 Å². The van der Waals surface area contributed by atoms with Gasteiger partial charge in [0.15, 0.2) is 0 Å². The molecule has 0 radical (unpaired) electrons. The van der Waals surface area contributed by atoms with Gasteiger partial charge in [-0.1, -0.05) is 6.92 Å². The number of aliphatic hydroxyl groups excluding tert-OH is 1. The Kier molecular flexibility index (Phi) is 3.27. The molecule has 1 rings (SSSR count). The summed E-state index contributed by atoms with van der Waals surface area (Å²) in [6.07, 6.45) is -0.477. The highest BCUT2D eigenvalue weighted by Crippen LogP contribution is 2.28. The molecule has 13 heavy (non-hydrogen) atoms. The summed E-state index contributed by atoms with van der Waals surface area (Å²) in [5.74, 6) is -0.188. The number of aliphatic hydroxyl groups is 1. The molecule has 4 unspecified atom stereocenters. The van der Waals surface area contributed by atoms with Gasteiger partial charge >= 0.3 is 5.97 Å². The highest BCUT2D eigenvalue weighted by Gasteiger charge is 2.36. The van der Waals surface area contributed by atoms with Crippen LogP contribution in [0.3, 0.4) is 0 Å². The van der Waals surface area contributed by atoms with Gasteiger partial charge in [-0.3, -0.25) is 4.79 Å².